The molecule has 0 radical (unpaired) electrons. The lowest BCUT2D eigenvalue weighted by molar-refractivity contribution is 0.0919. The molecule has 0 aliphatic heterocycles. The Hall–Kier alpha value is -5.23. The van der Waals surface area contributed by atoms with Crippen LogP contribution in [0.15, 0.2) is 78.9 Å². The number of nitrogens with one attached hydrogen (secondary N) is 5. The third-order valence-corrected chi connectivity index (χ3v) is 6.58. The van der Waals surface area contributed by atoms with E-state index in [9.17, 15) is 14.7 Å². The highest BCUT2D eigenvalue weighted by Crippen LogP contribution is 2.21. The standard InChI is InChI=1S/C33H40N8O4/c1-2-3-4-8-19-34-30(44)25-11-13-26(14-12-25)37-32-39-31(40-33(41-32)38-27-15-17-28(42)18-16-27)36-21-23-45-22-20-35-29(43)24-9-6-5-7-10-24/h5-7,9-18,42H,2-4,8,19-23H2,1H3,(H,34,44)(H,35,43)(H3,36,37,38,39,40,41). The molecule has 0 bridgehead atoms. The van der Waals surface area contributed by atoms with Crippen LogP contribution < -0.4 is 26.6 Å². The van der Waals surface area contributed by atoms with Crippen LogP contribution in [0.5, 0.6) is 5.75 Å². The Morgan fingerprint density at radius 1 is 0.644 bits per heavy atom. The van der Waals surface area contributed by atoms with Crippen LogP contribution in [0.3, 0.4) is 0 Å². The summed E-state index contributed by atoms with van der Waals surface area (Å²) in [5.41, 5.74) is 2.55. The minimum atomic E-state index is -0.146. The summed E-state index contributed by atoms with van der Waals surface area (Å²) in [7, 11) is 0. The first-order valence-corrected chi connectivity index (χ1v) is 15.1. The van der Waals surface area contributed by atoms with Gasteiger partial charge in [0.25, 0.3) is 11.8 Å². The van der Waals surface area contributed by atoms with Gasteiger partial charge < -0.3 is 36.4 Å². The molecule has 0 spiro atoms. The second kappa shape index (κ2) is 17.8. The third-order valence-electron chi connectivity index (χ3n) is 6.58. The highest BCUT2D eigenvalue weighted by atomic mass is 16.5. The molecule has 0 saturated heterocycles. The van der Waals surface area contributed by atoms with Crippen LogP contribution in [0, 0.1) is 0 Å². The molecule has 12 nitrogen and oxygen atoms in total. The summed E-state index contributed by atoms with van der Waals surface area (Å²) in [6, 6.07) is 22.6. The van der Waals surface area contributed by atoms with E-state index in [-0.39, 0.29) is 29.5 Å². The monoisotopic (exact) mass is 612 g/mol. The lowest BCUT2D eigenvalue weighted by Gasteiger charge is -2.12. The third kappa shape index (κ3) is 11.4. The number of hydrogen-bond acceptors (Lipinski definition) is 10. The van der Waals surface area contributed by atoms with Gasteiger partial charge in [-0.25, -0.2) is 0 Å². The normalized spacial score (nSPS) is 10.6. The maximum Gasteiger partial charge on any atom is 0.251 e. The Kier molecular flexibility index (Phi) is 12.9. The molecular weight excluding hydrogens is 572 g/mol. The van der Waals surface area contributed by atoms with E-state index >= 15 is 0 Å². The van der Waals surface area contributed by atoms with Crippen molar-refractivity contribution >= 4 is 41.0 Å². The molecule has 0 atom stereocenters. The molecule has 1 heterocycles. The second-order valence-corrected chi connectivity index (χ2v) is 10.2. The van der Waals surface area contributed by atoms with E-state index in [2.05, 4.69) is 48.5 Å². The van der Waals surface area contributed by atoms with E-state index in [4.69, 9.17) is 4.74 Å². The number of hydrogen-bond donors (Lipinski definition) is 6. The lowest BCUT2D eigenvalue weighted by Crippen LogP contribution is -2.27. The zero-order chi connectivity index (χ0) is 31.7. The highest BCUT2D eigenvalue weighted by Gasteiger charge is 2.10. The molecule has 45 heavy (non-hydrogen) atoms. The first-order chi connectivity index (χ1) is 22.0. The van der Waals surface area contributed by atoms with Crippen molar-refractivity contribution < 1.29 is 19.4 Å². The Bertz CT molecular complexity index is 1490. The van der Waals surface area contributed by atoms with Gasteiger partial charge in [0, 0.05) is 42.1 Å². The molecule has 4 aromatic rings. The fraction of sp³-hybridized carbons (Fsp3) is 0.303. The molecule has 0 fully saturated rings. The SMILES string of the molecule is CCCCCCNC(=O)c1ccc(Nc2nc(NCCOCCNC(=O)c3ccccc3)nc(Nc3ccc(O)cc3)n2)cc1. The topological polar surface area (TPSA) is 162 Å². The number of phenolic OH excluding ortho intramolecular Hbond substituents is 1. The molecule has 236 valence electrons. The van der Waals surface area contributed by atoms with E-state index in [0.29, 0.717) is 61.3 Å². The molecule has 1 aromatic heterocycles. The zero-order valence-electron chi connectivity index (χ0n) is 25.4. The average Bonchev–Trinajstić information content (AvgIpc) is 3.06. The van der Waals surface area contributed by atoms with Crippen molar-refractivity contribution in [2.24, 2.45) is 0 Å². The van der Waals surface area contributed by atoms with E-state index < -0.39 is 0 Å². The first kappa shape index (κ1) is 32.7. The molecule has 0 saturated carbocycles. The number of phenols is 1. The number of ether oxygens (including phenoxy) is 1. The van der Waals surface area contributed by atoms with Gasteiger partial charge in [0.1, 0.15) is 5.75 Å². The van der Waals surface area contributed by atoms with Crippen LogP contribution in [0.4, 0.5) is 29.2 Å². The second-order valence-electron chi connectivity index (χ2n) is 10.2. The molecular formula is C33H40N8O4. The van der Waals surface area contributed by atoms with Gasteiger partial charge in [0.15, 0.2) is 0 Å². The smallest absolute Gasteiger partial charge is 0.251 e. The van der Waals surface area contributed by atoms with Crippen molar-refractivity contribution in [1.29, 1.82) is 0 Å². The lowest BCUT2D eigenvalue weighted by atomic mass is 10.2. The number of aromatic hydroxyl groups is 1. The summed E-state index contributed by atoms with van der Waals surface area (Å²) >= 11 is 0. The maximum atomic E-state index is 12.5. The van der Waals surface area contributed by atoms with Crippen LogP contribution in [-0.2, 0) is 4.74 Å². The van der Waals surface area contributed by atoms with Crippen molar-refractivity contribution in [3.05, 3.63) is 90.0 Å². The Balaban J connectivity index is 1.31. The summed E-state index contributed by atoms with van der Waals surface area (Å²) in [5, 5.41) is 24.8. The Morgan fingerprint density at radius 3 is 1.84 bits per heavy atom. The van der Waals surface area contributed by atoms with E-state index in [1.54, 1.807) is 60.7 Å². The predicted octanol–water partition coefficient (Wildman–Crippen LogP) is 5.23. The summed E-state index contributed by atoms with van der Waals surface area (Å²) < 4.78 is 5.64. The van der Waals surface area contributed by atoms with Gasteiger partial charge >= 0.3 is 0 Å². The number of nitrogens with zero attached hydrogens (tertiary/aromatic N) is 3. The number of carbonyl (C=O) groups excluding carboxylic acids is 2. The Labute approximate surface area is 263 Å². The van der Waals surface area contributed by atoms with E-state index in [0.717, 1.165) is 19.3 Å². The van der Waals surface area contributed by atoms with Crippen molar-refractivity contribution in [1.82, 2.24) is 25.6 Å². The minimum absolute atomic E-state index is 0.106. The van der Waals surface area contributed by atoms with Gasteiger partial charge in [-0.05, 0) is 67.1 Å². The van der Waals surface area contributed by atoms with Crippen molar-refractivity contribution in [3.8, 4) is 5.75 Å². The quantitative estimate of drug-likeness (QED) is 0.0648. The van der Waals surface area contributed by atoms with Gasteiger partial charge in [-0.1, -0.05) is 44.4 Å². The van der Waals surface area contributed by atoms with Crippen LogP contribution in [-0.4, -0.2) is 64.7 Å². The number of benzene rings is 3. The number of rotatable bonds is 18. The summed E-state index contributed by atoms with van der Waals surface area (Å²) in [4.78, 5) is 38.0. The molecule has 0 aliphatic carbocycles. The molecule has 0 aliphatic rings. The van der Waals surface area contributed by atoms with Gasteiger partial charge in [-0.3, -0.25) is 9.59 Å². The van der Waals surface area contributed by atoms with Crippen molar-refractivity contribution in [3.63, 3.8) is 0 Å². The fourth-order valence-corrected chi connectivity index (χ4v) is 4.20. The van der Waals surface area contributed by atoms with Crippen LogP contribution in [0.25, 0.3) is 0 Å². The molecule has 4 rings (SSSR count). The van der Waals surface area contributed by atoms with Gasteiger partial charge in [-0.15, -0.1) is 0 Å². The van der Waals surface area contributed by atoms with Crippen LogP contribution in [0.1, 0.15) is 53.3 Å². The average molecular weight is 613 g/mol. The number of anilines is 5. The Morgan fingerprint density at radius 2 is 1.20 bits per heavy atom. The predicted molar refractivity (Wildman–Crippen MR) is 176 cm³/mol. The number of unbranched alkanes of at least 4 members (excludes halogenated alkanes) is 3. The largest absolute Gasteiger partial charge is 0.508 e. The summed E-state index contributed by atoms with van der Waals surface area (Å²) in [6.07, 6.45) is 4.39. The van der Waals surface area contributed by atoms with Crippen LogP contribution in [0.2, 0.25) is 0 Å². The first-order valence-electron chi connectivity index (χ1n) is 15.1. The minimum Gasteiger partial charge on any atom is -0.508 e. The van der Waals surface area contributed by atoms with Gasteiger partial charge in [0.2, 0.25) is 17.8 Å². The van der Waals surface area contributed by atoms with Gasteiger partial charge in [0.05, 0.1) is 13.2 Å². The molecule has 3 aromatic carbocycles. The highest BCUT2D eigenvalue weighted by molar-refractivity contribution is 5.94. The van der Waals surface area contributed by atoms with Gasteiger partial charge in [-0.2, -0.15) is 15.0 Å². The number of amides is 2. The fourth-order valence-electron chi connectivity index (χ4n) is 4.20. The number of aromatic nitrogens is 3. The zero-order valence-corrected chi connectivity index (χ0v) is 25.4. The molecule has 6 N–H and O–H groups in total. The molecule has 0 unspecified atom stereocenters. The van der Waals surface area contributed by atoms with Crippen LogP contribution >= 0.6 is 0 Å². The van der Waals surface area contributed by atoms with E-state index in [1.165, 1.54) is 6.42 Å². The molecule has 2 amide bonds. The molecule has 12 heteroatoms. The summed E-state index contributed by atoms with van der Waals surface area (Å²) in [6.45, 7) is 4.32. The van der Waals surface area contributed by atoms with E-state index in [1.807, 2.05) is 18.2 Å². The number of carbonyl (C=O) groups is 2. The van der Waals surface area contributed by atoms with Crippen molar-refractivity contribution in [2.45, 2.75) is 32.6 Å². The summed E-state index contributed by atoms with van der Waals surface area (Å²) in [5.74, 6) is 0.775. The maximum absolute atomic E-state index is 12.5. The van der Waals surface area contributed by atoms with Crippen molar-refractivity contribution in [2.75, 3.05) is 48.8 Å².